The Labute approximate surface area is 520 Å². The number of esters is 1. The average molecular weight is 1270 g/mol. The minimum absolute atomic E-state index is 0.0602. The second-order valence-corrected chi connectivity index (χ2v) is 26.6. The fraction of sp³-hybridized carbons (Fsp3) is 0.812. The fourth-order valence-corrected chi connectivity index (χ4v) is 16.5. The van der Waals surface area contributed by atoms with Crippen LogP contribution in [0.2, 0.25) is 0 Å². The predicted octanol–water partition coefficient (Wildman–Crippen LogP) is 2.03. The molecule has 8 N–H and O–H groups in total. The molecule has 3 saturated carbocycles. The first-order chi connectivity index (χ1) is 42.2. The van der Waals surface area contributed by atoms with Crippen molar-refractivity contribution in [3.8, 4) is 0 Å². The first-order valence-corrected chi connectivity index (χ1v) is 31.5. The van der Waals surface area contributed by atoms with Crippen LogP contribution in [-0.2, 0) is 80.6 Å². The normalized spacial score (nSPS) is 49.3. The Morgan fingerprint density at radius 2 is 1.16 bits per heavy atom. The van der Waals surface area contributed by atoms with Crippen LogP contribution >= 0.6 is 0 Å². The molecule has 1 aromatic carbocycles. The van der Waals surface area contributed by atoms with Gasteiger partial charge in [0.1, 0.15) is 83.9 Å². The van der Waals surface area contributed by atoms with E-state index in [1.807, 2.05) is 50.3 Å². The summed E-state index contributed by atoms with van der Waals surface area (Å²) in [5, 5.41) is 90.7. The monoisotopic (exact) mass is 1260 g/mol. The lowest BCUT2D eigenvalue weighted by molar-refractivity contribution is -0.374. The number of carbonyl (C=O) groups is 2. The van der Waals surface area contributed by atoms with Gasteiger partial charge in [-0.05, 0) is 104 Å². The van der Waals surface area contributed by atoms with E-state index in [4.69, 9.17) is 71.1 Å². The van der Waals surface area contributed by atoms with Crippen molar-refractivity contribution in [3.63, 3.8) is 0 Å². The molecule has 0 spiro atoms. The molecular formula is C64H96O25. The summed E-state index contributed by atoms with van der Waals surface area (Å²) in [5.41, 5.74) is -6.41. The third-order valence-corrected chi connectivity index (χ3v) is 21.8. The van der Waals surface area contributed by atoms with Gasteiger partial charge < -0.3 is 112 Å². The van der Waals surface area contributed by atoms with Crippen molar-refractivity contribution in [1.29, 1.82) is 0 Å². The molecule has 502 valence electrons. The maximum absolute atomic E-state index is 13.7. The van der Waals surface area contributed by atoms with E-state index in [0.29, 0.717) is 32.1 Å². The summed E-state index contributed by atoms with van der Waals surface area (Å²) < 4.78 is 93.6. The highest BCUT2D eigenvalue weighted by molar-refractivity contribution is 5.89. The van der Waals surface area contributed by atoms with Crippen LogP contribution in [0.15, 0.2) is 48.1 Å². The van der Waals surface area contributed by atoms with Gasteiger partial charge in [0.05, 0.1) is 60.9 Å². The maximum Gasteiger partial charge on any atom is 0.331 e. The van der Waals surface area contributed by atoms with E-state index in [-0.39, 0.29) is 38.2 Å². The third-order valence-electron chi connectivity index (χ3n) is 21.8. The minimum Gasteiger partial charge on any atom is -0.458 e. The number of carbonyl (C=O) groups excluding carboxylic acids is 2. The molecule has 0 unspecified atom stereocenters. The van der Waals surface area contributed by atoms with E-state index >= 15 is 0 Å². The SMILES string of the molecule is CO[C@@H]1[C@@H](O)[C@H](O[C@H]2[C@@H](OC)C[C@H](O[C@H]3[C@@H](OC)C[C@H](O[C@H]4[C@@H](OC)C[C@H](O[C@H]5CC[C@@]6(C)C(=CC[C@]7(O)[C@@H]6C[C@@H](OC(=O)/C=C\c6ccccc6)[C@@]6(C)[C@]7(O)CC[C@]6(O)C(C)=O)C5)O[C@@H]4C)O[C@@H]3C)O[C@@H]2C)O[C@H](C)[C@H]1O[C@@H]1O[C@H](CO)[C@@H](O)[C@H](O)[C@H]1O. The molecule has 8 fully saturated rings. The van der Waals surface area contributed by atoms with Crippen molar-refractivity contribution in [2.24, 2.45) is 16.7 Å². The van der Waals surface area contributed by atoms with Crippen LogP contribution in [0.1, 0.15) is 118 Å². The Hall–Kier alpha value is -3.04. The van der Waals surface area contributed by atoms with E-state index in [9.17, 15) is 50.4 Å². The van der Waals surface area contributed by atoms with Crippen LogP contribution in [0.25, 0.3) is 6.08 Å². The molecule has 0 radical (unpaired) electrons. The summed E-state index contributed by atoms with van der Waals surface area (Å²) in [6, 6.07) is 9.25. The molecular weight excluding hydrogens is 1170 g/mol. The summed E-state index contributed by atoms with van der Waals surface area (Å²) in [6.07, 6.45) is -14.7. The summed E-state index contributed by atoms with van der Waals surface area (Å²) >= 11 is 0. The first-order valence-electron chi connectivity index (χ1n) is 31.5. The minimum atomic E-state index is -2.07. The fourth-order valence-electron chi connectivity index (χ4n) is 16.5. The molecule has 5 aliphatic heterocycles. The second kappa shape index (κ2) is 27.4. The van der Waals surface area contributed by atoms with Crippen molar-refractivity contribution < 1.29 is 121 Å². The number of Topliss-reactive ketones (excluding diaryl/α,β-unsaturated/α-hetero) is 1. The number of fused-ring (bicyclic) bond motifs is 5. The first kappa shape index (κ1) is 68.8. The molecule has 4 aliphatic carbocycles. The number of hydrogen-bond donors (Lipinski definition) is 8. The van der Waals surface area contributed by atoms with E-state index in [0.717, 1.165) is 11.1 Å². The summed E-state index contributed by atoms with van der Waals surface area (Å²) in [6.45, 7) is 11.5. The summed E-state index contributed by atoms with van der Waals surface area (Å²) in [5.74, 6) is -1.86. The smallest absolute Gasteiger partial charge is 0.331 e. The van der Waals surface area contributed by atoms with E-state index in [1.54, 1.807) is 41.1 Å². The van der Waals surface area contributed by atoms with Crippen LogP contribution in [0.4, 0.5) is 0 Å². The molecule has 25 nitrogen and oxygen atoms in total. The Balaban J connectivity index is 0.728. The Morgan fingerprint density at radius 3 is 1.71 bits per heavy atom. The largest absolute Gasteiger partial charge is 0.458 e. The Morgan fingerprint density at radius 1 is 0.618 bits per heavy atom. The zero-order valence-corrected chi connectivity index (χ0v) is 52.8. The molecule has 10 rings (SSSR count). The summed E-state index contributed by atoms with van der Waals surface area (Å²) in [4.78, 5) is 27.0. The van der Waals surface area contributed by atoms with Crippen molar-refractivity contribution in [3.05, 3.63) is 53.6 Å². The van der Waals surface area contributed by atoms with Crippen molar-refractivity contribution in [1.82, 2.24) is 0 Å². The van der Waals surface area contributed by atoms with Crippen molar-refractivity contribution in [2.45, 2.75) is 277 Å². The van der Waals surface area contributed by atoms with Crippen LogP contribution in [-0.4, -0.2) is 252 Å². The number of aliphatic hydroxyl groups excluding tert-OH is 5. The second-order valence-electron chi connectivity index (χ2n) is 26.6. The standard InChI is InChI=1S/C64H96O25/c1-31-53(86-47-27-40(76-9)54(32(2)80-47)87-48-28-41(77-10)55(33(3)81-48)88-59-52(71)57(78-11)56(34(4)82-59)89-58-51(70)50(69)49(68)42(30-65)84-58)39(75-8)26-46(79-31)83-38-20-21-60(6)37(25-38)19-22-63(73)43(60)29-44(85-45(67)18-17-36-15-13-12-14-16-36)61(7)62(72,35(5)66)23-24-64(61,63)74/h12-19,31-34,38-44,46-59,65,68-74H,20-30H2,1-11H3/b18-17-/t31-,32-,33-,34-,38+,39+,40+,41+,42-,43-,44-,46+,47+,48+,49-,50+,51-,52-,53-,54-,55-,56-,57-,58+,59+,60+,61-,62+,63+,64-/m1/s1. The average Bonchev–Trinajstić information content (AvgIpc) is 1.61. The highest BCUT2D eigenvalue weighted by Gasteiger charge is 2.81. The lowest BCUT2D eigenvalue weighted by Gasteiger charge is -2.67. The van der Waals surface area contributed by atoms with Crippen molar-refractivity contribution >= 4 is 17.8 Å². The molecule has 1 aromatic rings. The lowest BCUT2D eigenvalue weighted by atomic mass is 9.42. The number of aliphatic hydroxyl groups is 8. The zero-order valence-electron chi connectivity index (χ0n) is 52.8. The van der Waals surface area contributed by atoms with Gasteiger partial charge in [-0.15, -0.1) is 0 Å². The molecule has 5 heterocycles. The predicted molar refractivity (Wildman–Crippen MR) is 310 cm³/mol. The number of methoxy groups -OCH3 is 4. The van der Waals surface area contributed by atoms with Crippen LogP contribution < -0.4 is 0 Å². The number of ketones is 1. The molecule has 0 aromatic heterocycles. The Bertz CT molecular complexity index is 2630. The van der Waals surface area contributed by atoms with Gasteiger partial charge in [-0.2, -0.15) is 0 Å². The maximum atomic E-state index is 13.7. The third kappa shape index (κ3) is 12.5. The number of rotatable bonds is 19. The molecule has 30 atom stereocenters. The molecule has 9 aliphatic rings. The van der Waals surface area contributed by atoms with E-state index in [2.05, 4.69) is 6.92 Å². The van der Waals surface area contributed by atoms with Crippen molar-refractivity contribution in [2.75, 3.05) is 35.0 Å². The van der Waals surface area contributed by atoms with Gasteiger partial charge in [0.2, 0.25) is 0 Å². The van der Waals surface area contributed by atoms with Gasteiger partial charge >= 0.3 is 5.97 Å². The zero-order chi connectivity index (χ0) is 64.3. The number of benzene rings is 1. The van der Waals surface area contributed by atoms with Gasteiger partial charge in [0.15, 0.2) is 37.2 Å². The van der Waals surface area contributed by atoms with Gasteiger partial charge in [-0.25, -0.2) is 4.79 Å². The molecule has 89 heavy (non-hydrogen) atoms. The molecule has 25 heteroatoms. The Kier molecular flexibility index (Phi) is 21.2. The lowest BCUT2D eigenvalue weighted by Crippen LogP contribution is -2.78. The van der Waals surface area contributed by atoms with Gasteiger partial charge in [0.25, 0.3) is 0 Å². The topological polar surface area (TPSA) is 334 Å². The molecule has 5 saturated heterocycles. The van der Waals surface area contributed by atoms with Crippen LogP contribution in [0, 0.1) is 16.7 Å². The summed E-state index contributed by atoms with van der Waals surface area (Å²) in [7, 11) is 6.10. The van der Waals surface area contributed by atoms with Gasteiger partial charge in [0, 0.05) is 59.7 Å². The quantitative estimate of drug-likeness (QED) is 0.0558. The van der Waals surface area contributed by atoms with E-state index in [1.165, 1.54) is 27.2 Å². The van der Waals surface area contributed by atoms with Crippen LogP contribution in [0.3, 0.4) is 0 Å². The number of hydrogen-bond acceptors (Lipinski definition) is 25. The van der Waals surface area contributed by atoms with Crippen LogP contribution in [0.5, 0.6) is 0 Å². The highest BCUT2D eigenvalue weighted by atomic mass is 16.8. The number of ether oxygens (including phenoxy) is 15. The molecule has 0 amide bonds. The van der Waals surface area contributed by atoms with E-state index < -0.39 is 193 Å². The van der Waals surface area contributed by atoms with Gasteiger partial charge in [-0.1, -0.05) is 48.9 Å². The highest BCUT2D eigenvalue weighted by Crippen LogP contribution is 2.71. The molecule has 0 bridgehead atoms. The van der Waals surface area contributed by atoms with Gasteiger partial charge in [-0.3, -0.25) is 4.79 Å².